The van der Waals surface area contributed by atoms with Gasteiger partial charge in [-0.2, -0.15) is 0 Å². The first-order valence-corrected chi connectivity index (χ1v) is 19.7. The molecule has 0 spiro atoms. The summed E-state index contributed by atoms with van der Waals surface area (Å²) in [4.78, 5) is 67.4. The fourth-order valence-corrected chi connectivity index (χ4v) is 6.69. The van der Waals surface area contributed by atoms with Gasteiger partial charge in [0.1, 0.15) is 18.8 Å². The molecule has 2 fully saturated rings. The summed E-state index contributed by atoms with van der Waals surface area (Å²) < 4.78 is 54.3. The van der Waals surface area contributed by atoms with Crippen molar-refractivity contribution >= 4 is 29.8 Å². The normalized spacial score (nSPS) is 22.8. The van der Waals surface area contributed by atoms with E-state index in [9.17, 15) is 24.0 Å². The maximum Gasteiger partial charge on any atom is 0.338 e. The van der Waals surface area contributed by atoms with Gasteiger partial charge in [0.05, 0.1) is 41.0 Å². The molecule has 8 atom stereocenters. The summed E-state index contributed by atoms with van der Waals surface area (Å²) in [5.41, 5.74) is 1.05. The van der Waals surface area contributed by atoms with Crippen LogP contribution >= 0.6 is 0 Å². The molecule has 14 heteroatoms. The van der Waals surface area contributed by atoms with Crippen molar-refractivity contribution < 1.29 is 66.6 Å². The zero-order chi connectivity index (χ0) is 43.3. The molecule has 2 heterocycles. The Balaban J connectivity index is 1.19. The minimum Gasteiger partial charge on any atom is -0.459 e. The van der Waals surface area contributed by atoms with Gasteiger partial charge in [-0.3, -0.25) is 0 Å². The third kappa shape index (κ3) is 10.8. The van der Waals surface area contributed by atoms with Crippen LogP contribution in [0.15, 0.2) is 164 Å². The minimum absolute atomic E-state index is 0.0297. The van der Waals surface area contributed by atoms with Crippen LogP contribution in [0.2, 0.25) is 0 Å². The standard InChI is InChI=1S/C48H42O14/c1-2-28-54-47-40(61-45(52)34-24-14-6-15-25-34)39(60-44(51)33-22-12-5-13-23-33)37(57-47)30-56-48-41(62-46(53)35-26-16-7-17-27-35)38(59-43(50)32-20-10-4-11-21-32)36(58-48)29-55-42(49)31-18-8-3-9-19-31/h2-27,36-41,47-48H,1,28-30H2/t36-,37-,38-,39-,40+,41+,47+,48+/m0/s1. The third-order valence-corrected chi connectivity index (χ3v) is 9.74. The van der Waals surface area contributed by atoms with Crippen LogP contribution in [-0.4, -0.2) is 98.9 Å². The molecule has 0 amide bonds. The second-order valence-electron chi connectivity index (χ2n) is 13.9. The van der Waals surface area contributed by atoms with E-state index in [1.807, 2.05) is 0 Å². The molecule has 0 aromatic heterocycles. The summed E-state index contributed by atoms with van der Waals surface area (Å²) in [7, 11) is 0. The average Bonchev–Trinajstić information content (AvgIpc) is 3.82. The molecule has 0 bridgehead atoms. The van der Waals surface area contributed by atoms with E-state index in [-0.39, 0.29) is 34.4 Å². The van der Waals surface area contributed by atoms with Crippen LogP contribution < -0.4 is 0 Å². The number of rotatable bonds is 17. The number of carbonyl (C=O) groups is 5. The monoisotopic (exact) mass is 842 g/mol. The fraction of sp³-hybridized carbons (Fsp3) is 0.229. The van der Waals surface area contributed by atoms with E-state index in [1.54, 1.807) is 140 Å². The van der Waals surface area contributed by atoms with E-state index in [4.69, 9.17) is 42.6 Å². The second-order valence-corrected chi connectivity index (χ2v) is 13.9. The number of ether oxygens (including phenoxy) is 9. The van der Waals surface area contributed by atoms with Crippen molar-refractivity contribution in [1.29, 1.82) is 0 Å². The summed E-state index contributed by atoms with van der Waals surface area (Å²) in [5.74, 6) is -3.76. The van der Waals surface area contributed by atoms with E-state index >= 15 is 0 Å². The largest absolute Gasteiger partial charge is 0.459 e. The zero-order valence-electron chi connectivity index (χ0n) is 33.2. The lowest BCUT2D eigenvalue weighted by molar-refractivity contribution is -0.204. The Hall–Kier alpha value is -6.97. The highest BCUT2D eigenvalue weighted by Crippen LogP contribution is 2.34. The molecule has 2 aliphatic heterocycles. The van der Waals surface area contributed by atoms with Gasteiger partial charge in [0.25, 0.3) is 0 Å². The molecule has 62 heavy (non-hydrogen) atoms. The van der Waals surface area contributed by atoms with Crippen LogP contribution in [-0.2, 0) is 42.6 Å². The maximum atomic E-state index is 13.7. The zero-order valence-corrected chi connectivity index (χ0v) is 33.2. The number of carbonyl (C=O) groups excluding carboxylic acids is 5. The molecule has 0 saturated carbocycles. The van der Waals surface area contributed by atoms with Crippen LogP contribution in [0.1, 0.15) is 51.8 Å². The van der Waals surface area contributed by atoms with E-state index < -0.39 is 92.3 Å². The van der Waals surface area contributed by atoms with Crippen LogP contribution in [0, 0.1) is 0 Å². The molecular formula is C48H42O14. The molecule has 7 rings (SSSR count). The molecule has 0 N–H and O–H groups in total. The van der Waals surface area contributed by atoms with Gasteiger partial charge in [-0.25, -0.2) is 24.0 Å². The molecule has 5 aromatic rings. The molecule has 0 aliphatic carbocycles. The van der Waals surface area contributed by atoms with Gasteiger partial charge >= 0.3 is 29.8 Å². The van der Waals surface area contributed by atoms with Crippen LogP contribution in [0.5, 0.6) is 0 Å². The number of esters is 5. The predicted molar refractivity (Wildman–Crippen MR) is 219 cm³/mol. The third-order valence-electron chi connectivity index (χ3n) is 9.74. The van der Waals surface area contributed by atoms with Gasteiger partial charge in [-0.15, -0.1) is 6.58 Å². The highest BCUT2D eigenvalue weighted by atomic mass is 16.8. The lowest BCUT2D eigenvalue weighted by atomic mass is 10.1. The molecular weight excluding hydrogens is 801 g/mol. The molecule has 14 nitrogen and oxygen atoms in total. The van der Waals surface area contributed by atoms with Crippen molar-refractivity contribution in [1.82, 2.24) is 0 Å². The number of hydrogen-bond donors (Lipinski definition) is 0. The van der Waals surface area contributed by atoms with Crippen molar-refractivity contribution in [2.45, 2.75) is 49.2 Å². The summed E-state index contributed by atoms with van der Waals surface area (Å²) in [6.07, 6.45) is -9.21. The van der Waals surface area contributed by atoms with Crippen molar-refractivity contribution in [2.24, 2.45) is 0 Å². The first-order chi connectivity index (χ1) is 30.3. The minimum atomic E-state index is -1.50. The summed E-state index contributed by atoms with van der Waals surface area (Å²) in [6.45, 7) is 2.77. The van der Waals surface area contributed by atoms with Gasteiger partial charge in [0.15, 0.2) is 37.0 Å². The van der Waals surface area contributed by atoms with E-state index in [0.29, 0.717) is 0 Å². The van der Waals surface area contributed by atoms with Crippen molar-refractivity contribution in [3.63, 3.8) is 0 Å². The maximum absolute atomic E-state index is 13.7. The topological polar surface area (TPSA) is 168 Å². The second kappa shape index (κ2) is 21.0. The molecule has 2 saturated heterocycles. The Bertz CT molecular complexity index is 2270. The Morgan fingerprint density at radius 1 is 0.419 bits per heavy atom. The molecule has 2 aliphatic rings. The molecule has 0 unspecified atom stereocenters. The lowest BCUT2D eigenvalue weighted by Crippen LogP contribution is -2.44. The first kappa shape index (κ1) is 43.1. The quantitative estimate of drug-likeness (QED) is 0.0572. The number of benzene rings is 5. The highest BCUT2D eigenvalue weighted by Gasteiger charge is 2.54. The van der Waals surface area contributed by atoms with E-state index in [1.165, 1.54) is 18.2 Å². The Labute approximate surface area is 356 Å². The Morgan fingerprint density at radius 3 is 1.08 bits per heavy atom. The van der Waals surface area contributed by atoms with Gasteiger partial charge in [-0.1, -0.05) is 97.1 Å². The van der Waals surface area contributed by atoms with E-state index in [0.717, 1.165) is 0 Å². The van der Waals surface area contributed by atoms with Gasteiger partial charge < -0.3 is 42.6 Å². The molecule has 5 aromatic carbocycles. The Kier molecular flexibility index (Phi) is 14.6. The highest BCUT2D eigenvalue weighted by molar-refractivity contribution is 5.92. The van der Waals surface area contributed by atoms with Crippen LogP contribution in [0.3, 0.4) is 0 Å². The van der Waals surface area contributed by atoms with Crippen molar-refractivity contribution in [3.8, 4) is 0 Å². The first-order valence-electron chi connectivity index (χ1n) is 19.7. The van der Waals surface area contributed by atoms with Gasteiger partial charge in [-0.05, 0) is 60.7 Å². The smallest absolute Gasteiger partial charge is 0.338 e. The van der Waals surface area contributed by atoms with Gasteiger partial charge in [0, 0.05) is 0 Å². The summed E-state index contributed by atoms with van der Waals surface area (Å²) in [6, 6.07) is 40.8. The van der Waals surface area contributed by atoms with Crippen LogP contribution in [0.25, 0.3) is 0 Å². The van der Waals surface area contributed by atoms with Crippen LogP contribution in [0.4, 0.5) is 0 Å². The lowest BCUT2D eigenvalue weighted by Gasteiger charge is -2.26. The van der Waals surface area contributed by atoms with Crippen molar-refractivity contribution in [3.05, 3.63) is 192 Å². The van der Waals surface area contributed by atoms with Gasteiger partial charge in [0.2, 0.25) is 0 Å². The molecule has 0 radical (unpaired) electrons. The van der Waals surface area contributed by atoms with Crippen molar-refractivity contribution in [2.75, 3.05) is 19.8 Å². The predicted octanol–water partition coefficient (Wildman–Crippen LogP) is 6.41. The fourth-order valence-electron chi connectivity index (χ4n) is 6.69. The molecule has 318 valence electrons. The Morgan fingerprint density at radius 2 is 0.726 bits per heavy atom. The summed E-state index contributed by atoms with van der Waals surface area (Å²) >= 11 is 0. The SMILES string of the molecule is C=CCO[C@@H]1O[C@@H](CO[C@@H]2O[C@@H](COC(=O)c3ccccc3)[C@H](OC(=O)c3ccccc3)[C@H]2OC(=O)c2ccccc2)[C@H](OC(=O)c2ccccc2)[C@H]1OC(=O)c1ccccc1. The number of hydrogen-bond acceptors (Lipinski definition) is 14. The van der Waals surface area contributed by atoms with E-state index in [2.05, 4.69) is 6.58 Å². The average molecular weight is 843 g/mol. The summed E-state index contributed by atoms with van der Waals surface area (Å²) in [5, 5.41) is 0.